The van der Waals surface area contributed by atoms with Crippen LogP contribution in [-0.4, -0.2) is 36.0 Å². The molecule has 1 fully saturated rings. The minimum Gasteiger partial charge on any atom is -0.370 e. The second-order valence-electron chi connectivity index (χ2n) is 3.92. The van der Waals surface area contributed by atoms with Crippen LogP contribution >= 0.6 is 0 Å². The Morgan fingerprint density at radius 1 is 1.69 bits per heavy atom. The van der Waals surface area contributed by atoms with Crippen molar-refractivity contribution in [2.45, 2.75) is 38.3 Å². The van der Waals surface area contributed by atoms with Gasteiger partial charge < -0.3 is 11.5 Å². The summed E-state index contributed by atoms with van der Waals surface area (Å²) in [4.78, 5) is 12.9. The van der Waals surface area contributed by atoms with Crippen molar-refractivity contribution in [3.63, 3.8) is 0 Å². The van der Waals surface area contributed by atoms with Crippen molar-refractivity contribution < 1.29 is 4.79 Å². The molecule has 4 N–H and O–H groups in total. The fraction of sp³-hybridized carbons (Fsp3) is 0.889. The van der Waals surface area contributed by atoms with Crippen LogP contribution in [0, 0.1) is 0 Å². The molecule has 0 aromatic heterocycles. The minimum absolute atomic E-state index is 0.230. The molecule has 1 aliphatic heterocycles. The van der Waals surface area contributed by atoms with Crippen LogP contribution in [0.15, 0.2) is 0 Å². The highest BCUT2D eigenvalue weighted by atomic mass is 16.1. The summed E-state index contributed by atoms with van der Waals surface area (Å²) in [5.41, 5.74) is 11.0. The van der Waals surface area contributed by atoms with Gasteiger partial charge in [0.25, 0.3) is 0 Å². The number of hydrogen-bond acceptors (Lipinski definition) is 3. The molecule has 0 bridgehead atoms. The summed E-state index contributed by atoms with van der Waals surface area (Å²) in [5.74, 6) is -0.230. The van der Waals surface area contributed by atoms with E-state index in [9.17, 15) is 4.79 Å². The first kappa shape index (κ1) is 10.5. The van der Waals surface area contributed by atoms with Crippen molar-refractivity contribution in [1.29, 1.82) is 0 Å². The van der Waals surface area contributed by atoms with Gasteiger partial charge in [-0.25, -0.2) is 0 Å². The van der Waals surface area contributed by atoms with E-state index in [2.05, 4.69) is 4.90 Å². The maximum atomic E-state index is 10.7. The highest BCUT2D eigenvalue weighted by molar-refractivity contribution is 5.74. The van der Waals surface area contributed by atoms with E-state index in [1.807, 2.05) is 6.92 Å². The number of hydrogen-bond donors (Lipinski definition) is 2. The first-order valence-electron chi connectivity index (χ1n) is 4.87. The van der Waals surface area contributed by atoms with Gasteiger partial charge in [-0.3, -0.25) is 9.69 Å². The molecular formula is C9H19N3O. The molecular weight excluding hydrogens is 166 g/mol. The summed E-state index contributed by atoms with van der Waals surface area (Å²) in [6, 6.07) is 0.507. The number of amides is 1. The fourth-order valence-electron chi connectivity index (χ4n) is 1.86. The Morgan fingerprint density at radius 3 is 2.92 bits per heavy atom. The molecule has 76 valence electrons. The van der Waals surface area contributed by atoms with Crippen LogP contribution in [0.5, 0.6) is 0 Å². The molecule has 1 amide bonds. The number of piperidine rings is 1. The molecule has 2 atom stereocenters. The molecule has 1 saturated heterocycles. The Labute approximate surface area is 79.3 Å². The van der Waals surface area contributed by atoms with E-state index in [1.165, 1.54) is 0 Å². The number of primary amides is 1. The SMILES string of the molecule is CC(CC(N)=O)N1CCCC(N)C1. The first-order chi connectivity index (χ1) is 6.09. The molecule has 4 heteroatoms. The van der Waals surface area contributed by atoms with E-state index in [1.54, 1.807) is 0 Å². The van der Waals surface area contributed by atoms with E-state index < -0.39 is 0 Å². The number of carbonyl (C=O) groups excluding carboxylic acids is 1. The van der Waals surface area contributed by atoms with Crippen LogP contribution in [0.25, 0.3) is 0 Å². The lowest BCUT2D eigenvalue weighted by molar-refractivity contribution is -0.119. The summed E-state index contributed by atoms with van der Waals surface area (Å²) < 4.78 is 0. The summed E-state index contributed by atoms with van der Waals surface area (Å²) in [5, 5.41) is 0. The molecule has 13 heavy (non-hydrogen) atoms. The highest BCUT2D eigenvalue weighted by Crippen LogP contribution is 2.12. The monoisotopic (exact) mass is 185 g/mol. The fourth-order valence-corrected chi connectivity index (χ4v) is 1.86. The zero-order valence-corrected chi connectivity index (χ0v) is 8.20. The Morgan fingerprint density at radius 2 is 2.38 bits per heavy atom. The molecule has 4 nitrogen and oxygen atoms in total. The van der Waals surface area contributed by atoms with Gasteiger partial charge in [0.1, 0.15) is 0 Å². The Hall–Kier alpha value is -0.610. The molecule has 1 aliphatic rings. The molecule has 2 unspecified atom stereocenters. The van der Waals surface area contributed by atoms with Crippen LogP contribution < -0.4 is 11.5 Å². The molecule has 0 aromatic rings. The van der Waals surface area contributed by atoms with Crippen molar-refractivity contribution in [3.8, 4) is 0 Å². The molecule has 0 aromatic carbocycles. The van der Waals surface area contributed by atoms with Crippen LogP contribution in [0.3, 0.4) is 0 Å². The van der Waals surface area contributed by atoms with E-state index in [0.717, 1.165) is 25.9 Å². The summed E-state index contributed by atoms with van der Waals surface area (Å²) in [6.07, 6.45) is 2.66. The third-order valence-electron chi connectivity index (χ3n) is 2.61. The van der Waals surface area contributed by atoms with Gasteiger partial charge in [0.05, 0.1) is 0 Å². The second-order valence-corrected chi connectivity index (χ2v) is 3.92. The molecule has 0 aliphatic carbocycles. The minimum atomic E-state index is -0.230. The van der Waals surface area contributed by atoms with Crippen LogP contribution in [0.1, 0.15) is 26.2 Å². The third-order valence-corrected chi connectivity index (χ3v) is 2.61. The lowest BCUT2D eigenvalue weighted by Crippen LogP contribution is -2.47. The molecule has 1 heterocycles. The van der Waals surface area contributed by atoms with Crippen molar-refractivity contribution in [2.24, 2.45) is 11.5 Å². The van der Waals surface area contributed by atoms with Crippen molar-refractivity contribution in [1.82, 2.24) is 4.90 Å². The summed E-state index contributed by atoms with van der Waals surface area (Å²) in [7, 11) is 0. The first-order valence-corrected chi connectivity index (χ1v) is 4.87. The van der Waals surface area contributed by atoms with Gasteiger partial charge in [-0.1, -0.05) is 0 Å². The topological polar surface area (TPSA) is 72.4 Å². The maximum absolute atomic E-state index is 10.7. The predicted molar refractivity (Wildman–Crippen MR) is 52.1 cm³/mol. The number of nitrogens with two attached hydrogens (primary N) is 2. The van der Waals surface area contributed by atoms with E-state index in [-0.39, 0.29) is 18.0 Å². The van der Waals surface area contributed by atoms with Crippen molar-refractivity contribution in [3.05, 3.63) is 0 Å². The van der Waals surface area contributed by atoms with E-state index in [0.29, 0.717) is 6.42 Å². The van der Waals surface area contributed by atoms with Crippen LogP contribution in [0.4, 0.5) is 0 Å². The Bertz CT molecular complexity index is 184. The lowest BCUT2D eigenvalue weighted by Gasteiger charge is -2.34. The van der Waals surface area contributed by atoms with Crippen molar-refractivity contribution in [2.75, 3.05) is 13.1 Å². The number of carbonyl (C=O) groups is 1. The summed E-state index contributed by atoms with van der Waals surface area (Å²) >= 11 is 0. The van der Waals surface area contributed by atoms with Gasteiger partial charge >= 0.3 is 0 Å². The van der Waals surface area contributed by atoms with Crippen LogP contribution in [0.2, 0.25) is 0 Å². The standard InChI is InChI=1S/C9H19N3O/c1-7(5-9(11)13)12-4-2-3-8(10)6-12/h7-8H,2-6,10H2,1H3,(H2,11,13). The maximum Gasteiger partial charge on any atom is 0.218 e. The average Bonchev–Trinajstić information content (AvgIpc) is 2.03. The van der Waals surface area contributed by atoms with Gasteiger partial charge in [0.2, 0.25) is 5.91 Å². The van der Waals surface area contributed by atoms with E-state index >= 15 is 0 Å². The van der Waals surface area contributed by atoms with Gasteiger partial charge in [0.15, 0.2) is 0 Å². The molecule has 0 saturated carbocycles. The lowest BCUT2D eigenvalue weighted by atomic mass is 10.0. The number of nitrogens with zero attached hydrogens (tertiary/aromatic N) is 1. The normalized spacial score (nSPS) is 27.1. The number of rotatable bonds is 3. The third kappa shape index (κ3) is 3.32. The quantitative estimate of drug-likeness (QED) is 0.632. The highest BCUT2D eigenvalue weighted by Gasteiger charge is 2.21. The largest absolute Gasteiger partial charge is 0.370 e. The van der Waals surface area contributed by atoms with Gasteiger partial charge in [-0.15, -0.1) is 0 Å². The zero-order valence-electron chi connectivity index (χ0n) is 8.20. The average molecular weight is 185 g/mol. The zero-order chi connectivity index (χ0) is 9.84. The van der Waals surface area contributed by atoms with Gasteiger partial charge in [-0.05, 0) is 26.3 Å². The van der Waals surface area contributed by atoms with E-state index in [4.69, 9.17) is 11.5 Å². The molecule has 0 radical (unpaired) electrons. The predicted octanol–water partition coefficient (Wildman–Crippen LogP) is -0.327. The molecule has 1 rings (SSSR count). The summed E-state index contributed by atoms with van der Waals surface area (Å²) in [6.45, 7) is 3.97. The Kier molecular flexibility index (Phi) is 3.69. The smallest absolute Gasteiger partial charge is 0.218 e. The van der Waals surface area contributed by atoms with Crippen molar-refractivity contribution >= 4 is 5.91 Å². The second kappa shape index (κ2) is 4.58. The van der Waals surface area contributed by atoms with Gasteiger partial charge in [0, 0.05) is 25.0 Å². The van der Waals surface area contributed by atoms with Gasteiger partial charge in [-0.2, -0.15) is 0 Å². The number of likely N-dealkylation sites (tertiary alicyclic amines) is 1. The molecule has 0 spiro atoms. The Balaban J connectivity index is 2.36. The van der Waals surface area contributed by atoms with Crippen LogP contribution in [-0.2, 0) is 4.79 Å².